The first-order chi connectivity index (χ1) is 8.56. The largest absolute Gasteiger partial charge is 0.493 e. The van der Waals surface area contributed by atoms with Crippen molar-refractivity contribution in [3.05, 3.63) is 28.3 Å². The Kier molecular flexibility index (Phi) is 4.49. The second kappa shape index (κ2) is 5.91. The Morgan fingerprint density at radius 2 is 2.22 bits per heavy atom. The van der Waals surface area contributed by atoms with Gasteiger partial charge in [0.2, 0.25) is 0 Å². The van der Waals surface area contributed by atoms with Gasteiger partial charge in [-0.05, 0) is 38.7 Å². The minimum Gasteiger partial charge on any atom is -0.493 e. The Bertz CT molecular complexity index is 421. The molecular weight excluding hydrogens is 248 g/mol. The molecule has 1 unspecified atom stereocenters. The molecule has 0 spiro atoms. The van der Waals surface area contributed by atoms with Crippen LogP contribution in [0.1, 0.15) is 18.1 Å². The van der Waals surface area contributed by atoms with Crippen LogP contribution in [0.4, 0.5) is 0 Å². The van der Waals surface area contributed by atoms with E-state index in [1.807, 2.05) is 12.1 Å². The predicted octanol–water partition coefficient (Wildman–Crippen LogP) is 2.31. The molecule has 2 rings (SSSR count). The highest BCUT2D eigenvalue weighted by Gasteiger charge is 2.17. The molecule has 0 fully saturated rings. The standard InChI is InChI=1S/C14H21ClN2O/c1-10(9-17(2)3)16-8-12-7-13(15)6-11-4-5-18-14(11)12/h6-7,10,16H,4-5,8-9H2,1-3H3. The minimum absolute atomic E-state index is 0.441. The lowest BCUT2D eigenvalue weighted by Gasteiger charge is -2.19. The van der Waals surface area contributed by atoms with E-state index in [1.54, 1.807) is 0 Å². The maximum atomic E-state index is 6.14. The summed E-state index contributed by atoms with van der Waals surface area (Å²) in [6.07, 6.45) is 0.968. The van der Waals surface area contributed by atoms with Gasteiger partial charge in [0.15, 0.2) is 0 Å². The highest BCUT2D eigenvalue weighted by Crippen LogP contribution is 2.32. The zero-order valence-electron chi connectivity index (χ0n) is 11.3. The monoisotopic (exact) mass is 268 g/mol. The van der Waals surface area contributed by atoms with Crippen LogP contribution in [0.5, 0.6) is 5.75 Å². The molecule has 0 saturated heterocycles. The van der Waals surface area contributed by atoms with Gasteiger partial charge in [0.25, 0.3) is 0 Å². The number of fused-ring (bicyclic) bond motifs is 1. The van der Waals surface area contributed by atoms with E-state index < -0.39 is 0 Å². The summed E-state index contributed by atoms with van der Waals surface area (Å²) in [6.45, 7) is 4.78. The number of rotatable bonds is 5. The second-order valence-electron chi connectivity index (χ2n) is 5.20. The van der Waals surface area contributed by atoms with Gasteiger partial charge in [0, 0.05) is 36.1 Å². The molecule has 0 radical (unpaired) electrons. The number of hydrogen-bond acceptors (Lipinski definition) is 3. The third-order valence-corrected chi connectivity index (χ3v) is 3.32. The molecule has 0 bridgehead atoms. The van der Waals surface area contributed by atoms with E-state index in [0.717, 1.165) is 36.9 Å². The molecule has 100 valence electrons. The molecule has 0 aromatic heterocycles. The van der Waals surface area contributed by atoms with Gasteiger partial charge in [-0.1, -0.05) is 11.6 Å². The van der Waals surface area contributed by atoms with Crippen LogP contribution in [0.15, 0.2) is 12.1 Å². The fraction of sp³-hybridized carbons (Fsp3) is 0.571. The first-order valence-electron chi connectivity index (χ1n) is 6.38. The van der Waals surface area contributed by atoms with Gasteiger partial charge in [-0.25, -0.2) is 0 Å². The van der Waals surface area contributed by atoms with E-state index >= 15 is 0 Å². The fourth-order valence-corrected chi connectivity index (χ4v) is 2.64. The van der Waals surface area contributed by atoms with E-state index in [4.69, 9.17) is 16.3 Å². The van der Waals surface area contributed by atoms with Crippen LogP contribution >= 0.6 is 11.6 Å². The van der Waals surface area contributed by atoms with Crippen LogP contribution in [0.2, 0.25) is 5.02 Å². The van der Waals surface area contributed by atoms with Crippen molar-refractivity contribution >= 4 is 11.6 Å². The summed E-state index contributed by atoms with van der Waals surface area (Å²) < 4.78 is 5.69. The van der Waals surface area contributed by atoms with Crippen LogP contribution < -0.4 is 10.1 Å². The lowest BCUT2D eigenvalue weighted by molar-refractivity contribution is 0.339. The Hall–Kier alpha value is -0.770. The number of benzene rings is 1. The molecule has 0 saturated carbocycles. The van der Waals surface area contributed by atoms with Crippen molar-refractivity contribution < 1.29 is 4.74 Å². The molecule has 4 heteroatoms. The molecule has 0 aliphatic carbocycles. The van der Waals surface area contributed by atoms with E-state index in [1.165, 1.54) is 11.1 Å². The lowest BCUT2D eigenvalue weighted by Crippen LogP contribution is -2.35. The zero-order chi connectivity index (χ0) is 13.1. The van der Waals surface area contributed by atoms with Crippen LogP contribution in [0.25, 0.3) is 0 Å². The molecule has 3 nitrogen and oxygen atoms in total. The van der Waals surface area contributed by atoms with Crippen LogP contribution in [0, 0.1) is 0 Å². The molecule has 1 aromatic rings. The van der Waals surface area contributed by atoms with Gasteiger partial charge in [-0.3, -0.25) is 0 Å². The van der Waals surface area contributed by atoms with Gasteiger partial charge in [-0.15, -0.1) is 0 Å². The molecule has 1 aliphatic rings. The summed E-state index contributed by atoms with van der Waals surface area (Å²) in [5.41, 5.74) is 2.40. The smallest absolute Gasteiger partial charge is 0.127 e. The Balaban J connectivity index is 2.01. The summed E-state index contributed by atoms with van der Waals surface area (Å²) in [5, 5.41) is 4.31. The summed E-state index contributed by atoms with van der Waals surface area (Å²) in [6, 6.07) is 4.45. The number of nitrogens with one attached hydrogen (secondary N) is 1. The first-order valence-corrected chi connectivity index (χ1v) is 6.76. The summed E-state index contributed by atoms with van der Waals surface area (Å²) >= 11 is 6.14. The van der Waals surface area contributed by atoms with Gasteiger partial charge >= 0.3 is 0 Å². The van der Waals surface area contributed by atoms with Crippen LogP contribution in [-0.2, 0) is 13.0 Å². The van der Waals surface area contributed by atoms with Crippen LogP contribution in [0.3, 0.4) is 0 Å². The molecular formula is C14H21ClN2O. The fourth-order valence-electron chi connectivity index (χ4n) is 2.37. The normalized spacial score (nSPS) is 15.6. The first kappa shape index (κ1) is 13.7. The van der Waals surface area contributed by atoms with E-state index in [2.05, 4.69) is 31.2 Å². The Labute approximate surface area is 114 Å². The molecule has 0 amide bonds. The number of nitrogens with zero attached hydrogens (tertiary/aromatic N) is 1. The van der Waals surface area contributed by atoms with E-state index in [-0.39, 0.29) is 0 Å². The number of halogens is 1. The maximum absolute atomic E-state index is 6.14. The van der Waals surface area contributed by atoms with Gasteiger partial charge in [-0.2, -0.15) is 0 Å². The molecule has 1 N–H and O–H groups in total. The summed E-state index contributed by atoms with van der Waals surface area (Å²) in [5.74, 6) is 1.03. The maximum Gasteiger partial charge on any atom is 0.127 e. The Morgan fingerprint density at radius 3 is 2.94 bits per heavy atom. The van der Waals surface area contributed by atoms with Crippen LogP contribution in [-0.4, -0.2) is 38.2 Å². The molecule has 18 heavy (non-hydrogen) atoms. The minimum atomic E-state index is 0.441. The highest BCUT2D eigenvalue weighted by molar-refractivity contribution is 6.30. The number of hydrogen-bond donors (Lipinski definition) is 1. The quantitative estimate of drug-likeness (QED) is 0.887. The van der Waals surface area contributed by atoms with Gasteiger partial charge in [0.1, 0.15) is 5.75 Å². The van der Waals surface area contributed by atoms with E-state index in [9.17, 15) is 0 Å². The van der Waals surface area contributed by atoms with Gasteiger partial charge in [0.05, 0.1) is 6.61 Å². The summed E-state index contributed by atoms with van der Waals surface area (Å²) in [7, 11) is 4.16. The van der Waals surface area contributed by atoms with E-state index in [0.29, 0.717) is 6.04 Å². The number of ether oxygens (including phenoxy) is 1. The third-order valence-electron chi connectivity index (χ3n) is 3.11. The van der Waals surface area contributed by atoms with Crippen molar-refractivity contribution in [2.75, 3.05) is 27.2 Å². The number of likely N-dealkylation sites (N-methyl/N-ethyl adjacent to an activating group) is 1. The van der Waals surface area contributed by atoms with Crippen molar-refractivity contribution in [1.82, 2.24) is 10.2 Å². The highest BCUT2D eigenvalue weighted by atomic mass is 35.5. The average Bonchev–Trinajstić information content (AvgIpc) is 2.72. The second-order valence-corrected chi connectivity index (χ2v) is 5.63. The molecule has 1 aromatic carbocycles. The molecule has 1 aliphatic heterocycles. The molecule has 1 atom stereocenters. The third kappa shape index (κ3) is 3.37. The van der Waals surface area contributed by atoms with Gasteiger partial charge < -0.3 is 15.0 Å². The Morgan fingerprint density at radius 1 is 1.44 bits per heavy atom. The van der Waals surface area contributed by atoms with Crippen molar-refractivity contribution in [3.8, 4) is 5.75 Å². The van der Waals surface area contributed by atoms with Crippen molar-refractivity contribution in [1.29, 1.82) is 0 Å². The zero-order valence-corrected chi connectivity index (χ0v) is 12.0. The van der Waals surface area contributed by atoms with Crippen molar-refractivity contribution in [2.24, 2.45) is 0 Å². The topological polar surface area (TPSA) is 24.5 Å². The van der Waals surface area contributed by atoms with Crippen molar-refractivity contribution in [2.45, 2.75) is 25.9 Å². The predicted molar refractivity (Wildman–Crippen MR) is 75.5 cm³/mol. The lowest BCUT2D eigenvalue weighted by atomic mass is 10.1. The SMILES string of the molecule is CC(CN(C)C)NCc1cc(Cl)cc2c1OCC2. The summed E-state index contributed by atoms with van der Waals surface area (Å²) in [4.78, 5) is 2.18. The van der Waals surface area contributed by atoms with Crippen molar-refractivity contribution in [3.63, 3.8) is 0 Å². The average molecular weight is 269 g/mol. The molecule has 1 heterocycles.